The van der Waals surface area contributed by atoms with Gasteiger partial charge >= 0.3 is 41.5 Å². The molecule has 2 aliphatic heterocycles. The Morgan fingerprint density at radius 2 is 0.811 bits per heavy atom. The SMILES string of the molecule is CC(C)(C1CCC(O)CC1)C1CCC(O)CC1.CC(C)(CO)C1OCC2(CO1)COC(C(C)(C)CO)OC2.CC(C)(CO)CO.O=C(OCCO)c1cc(C(=O)OCCO)cc(S(=O)(=O)[O-])c1.O=C=NC1CC2C3CC(N=C=O)C(C3)C2C1.O=C=NCC1CC2CC1CC2CN=C=O.O=C=Nc1ccc(Cc2ccc(N=C=O)cc2)cc1.OCC1CC2C3CC(CO)C(C3)C2C1.OCC1CC2CC1CC2CO.[Na+]. The van der Waals surface area contributed by atoms with Gasteiger partial charge in [-0.05, 0) is 325 Å². The summed E-state index contributed by atoms with van der Waals surface area (Å²) in [6.45, 7) is 19.3. The van der Waals surface area contributed by atoms with Gasteiger partial charge in [0.15, 0.2) is 12.6 Å². The number of isocyanates is 6. The first kappa shape index (κ1) is 121. The van der Waals surface area contributed by atoms with E-state index >= 15 is 0 Å². The van der Waals surface area contributed by atoms with Crippen LogP contribution in [0.15, 0.2) is 102 Å². The van der Waals surface area contributed by atoms with E-state index in [0.29, 0.717) is 154 Å². The van der Waals surface area contributed by atoms with Crippen molar-refractivity contribution in [3.8, 4) is 0 Å². The Morgan fingerprint density at radius 3 is 1.17 bits per heavy atom. The molecule has 0 amide bonds. The standard InChI is InChI=1S/C15H10N2O2.C15H28O6.C15H28O2.C12H14N2O2.C12H14O9S.C12H20O2.C11H14N2O2.C9H16O2.C5H12O2.Na/c18-10-16-14-5-1-12(2-6-14)9-13-3-7-15(8-4-13)17-11-19;1-13(2,5-16)11-18-7-15(8-19-11)9-20-12(21-10-15)14(3,4)6-17;1-15(2,11-3-7-13(16)8-4-11)12-5-9-14(17)10-6-12;15-5-13-8-3-9-7-1-11(10(9)4-8)12(2-7)14-6-16;13-1-3-20-11(15)8-5-9(12(16)21-4-2-14)7-10(6-8)22(17,18)19;13-5-7-1-10-8-3-9(6-14)11(4-8)12(10)2-7;14-6-12-4-10-2-8-1-9(10)3-11(8)5-13-7-15;10-4-8-2-6-1-7(8)3-9(6)5-11;1-5(2,3-6)4-7;/h1-8H,9H2;11-12,16-17H,5-10H2,1-4H3;11-14,16-17H,3-10H2,1-2H3;7-12H,1-4H2;5-7,13-14H,1-4H2,(H,17,18,19);7-14H,1-6H2;8-11H,1-5H2;6-11H,1-5H2;6-7H,3-4H2,1-2H3;/q;;;;;;;;;+1/p-1. The largest absolute Gasteiger partial charge is 1.00 e. The fourth-order valence-corrected chi connectivity index (χ4v) is 25.4. The van der Waals surface area contributed by atoms with Crippen LogP contribution in [0.25, 0.3) is 0 Å². The molecule has 0 aromatic heterocycles. The zero-order valence-electron chi connectivity index (χ0n) is 84.8. The average Bonchev–Trinajstić information content (AvgIpc) is 1.59. The van der Waals surface area contributed by atoms with Crippen molar-refractivity contribution in [1.82, 2.24) is 0 Å². The van der Waals surface area contributed by atoms with Crippen molar-refractivity contribution >= 4 is 69.9 Å². The maximum absolute atomic E-state index is 11.6. The Bertz CT molecular complexity index is 4610. The second-order valence-corrected chi connectivity index (χ2v) is 46.0. The van der Waals surface area contributed by atoms with Crippen molar-refractivity contribution in [2.75, 3.05) is 119 Å². The maximum Gasteiger partial charge on any atom is 1.00 e. The van der Waals surface area contributed by atoms with Gasteiger partial charge in [-0.15, -0.1) is 0 Å². The van der Waals surface area contributed by atoms with Crippen LogP contribution in [0.2, 0.25) is 0 Å². The van der Waals surface area contributed by atoms with Gasteiger partial charge in [-0.25, -0.2) is 66.7 Å². The summed E-state index contributed by atoms with van der Waals surface area (Å²) in [5.74, 6) is 11.7. The van der Waals surface area contributed by atoms with Crippen molar-refractivity contribution < 1.29 is 171 Å². The summed E-state index contributed by atoms with van der Waals surface area (Å²) in [6, 6.07) is 17.6. The number of fused-ring (bicyclic) bond motifs is 14. The van der Waals surface area contributed by atoms with Gasteiger partial charge in [0.25, 0.3) is 0 Å². The van der Waals surface area contributed by atoms with Crippen LogP contribution in [0.5, 0.6) is 0 Å². The summed E-state index contributed by atoms with van der Waals surface area (Å²) >= 11 is 0. The third-order valence-electron chi connectivity index (χ3n) is 33.2. The first-order valence-electron chi connectivity index (χ1n) is 50.7. The number of nitrogens with zero attached hydrogens (tertiary/aromatic N) is 6. The molecule has 2 saturated heterocycles. The molecule has 35 nitrogen and oxygen atoms in total. The molecule has 20 unspecified atom stereocenters. The quantitative estimate of drug-likeness (QED) is 0.0104. The molecule has 1 spiro atoms. The molecule has 12 aliphatic carbocycles. The van der Waals surface area contributed by atoms with E-state index in [9.17, 15) is 82.0 Å². The van der Waals surface area contributed by atoms with E-state index in [4.69, 9.17) is 49.6 Å². The number of hydrogen-bond acceptors (Lipinski definition) is 35. The minimum Gasteiger partial charge on any atom is -0.744 e. The van der Waals surface area contributed by atoms with Gasteiger partial charge in [0.1, 0.15) is 23.3 Å². The monoisotopic (exact) mass is 2030 g/mol. The van der Waals surface area contributed by atoms with Crippen LogP contribution in [0, 0.1) is 145 Å². The molecule has 20 atom stereocenters. The number of benzene rings is 3. The molecule has 143 heavy (non-hydrogen) atoms. The summed E-state index contributed by atoms with van der Waals surface area (Å²) < 4.78 is 65.5. The molecule has 17 rings (SSSR count). The third-order valence-corrected chi connectivity index (χ3v) is 34.0. The molecule has 12 saturated carbocycles. The number of aliphatic hydroxyl groups is 12. The van der Waals surface area contributed by atoms with Gasteiger partial charge in [0.05, 0.1) is 136 Å². The number of ether oxygens (including phenoxy) is 6. The van der Waals surface area contributed by atoms with E-state index < -0.39 is 63.6 Å². The molecule has 37 heteroatoms. The van der Waals surface area contributed by atoms with E-state index in [-0.39, 0.29) is 115 Å². The van der Waals surface area contributed by atoms with Crippen LogP contribution >= 0.6 is 0 Å². The van der Waals surface area contributed by atoms with Crippen LogP contribution in [0.3, 0.4) is 0 Å². The van der Waals surface area contributed by atoms with Crippen LogP contribution in [-0.4, -0.2) is 278 Å². The zero-order valence-corrected chi connectivity index (χ0v) is 87.6. The minimum atomic E-state index is -4.92. The predicted molar refractivity (Wildman–Crippen MR) is 519 cm³/mol. The summed E-state index contributed by atoms with van der Waals surface area (Å²) in [5, 5.41) is 108. The molecule has 2 heterocycles. The van der Waals surface area contributed by atoms with Crippen molar-refractivity contribution in [1.29, 1.82) is 0 Å². The van der Waals surface area contributed by atoms with Crippen LogP contribution < -0.4 is 29.6 Å². The number of esters is 2. The van der Waals surface area contributed by atoms with Crippen LogP contribution in [0.4, 0.5) is 11.4 Å². The first-order valence-corrected chi connectivity index (χ1v) is 52.2. The van der Waals surface area contributed by atoms with Crippen molar-refractivity contribution in [2.45, 2.75) is 245 Å². The fourth-order valence-electron chi connectivity index (χ4n) is 24.9. The van der Waals surface area contributed by atoms with E-state index in [2.05, 4.69) is 53.3 Å². The van der Waals surface area contributed by atoms with Gasteiger partial charge in [-0.1, -0.05) is 79.7 Å². The Hall–Kier alpha value is -6.85. The van der Waals surface area contributed by atoms with E-state index in [0.717, 1.165) is 154 Å². The molecule has 14 fully saturated rings. The molecule has 0 radical (unpaired) electrons. The van der Waals surface area contributed by atoms with Gasteiger partial charge in [-0.3, -0.25) is 0 Å². The topological polar surface area (TPSA) is 566 Å². The molecule has 3 aromatic rings. The Balaban J connectivity index is 0.000000199. The Kier molecular flexibility index (Phi) is 49.5. The summed E-state index contributed by atoms with van der Waals surface area (Å²) in [4.78, 5) is 106. The molecule has 8 bridgehead atoms. The van der Waals surface area contributed by atoms with E-state index in [1.807, 2.05) is 52.0 Å². The second kappa shape index (κ2) is 58.4. The average molecular weight is 2030 g/mol. The van der Waals surface area contributed by atoms with Gasteiger partial charge in [0, 0.05) is 42.7 Å². The van der Waals surface area contributed by atoms with E-state index in [1.165, 1.54) is 82.8 Å². The Labute approximate surface area is 863 Å². The maximum atomic E-state index is 11.6. The molecule has 3 aromatic carbocycles. The molecule has 14 aliphatic rings. The van der Waals surface area contributed by atoms with Gasteiger partial charge < -0.3 is 94.3 Å². The van der Waals surface area contributed by atoms with Crippen molar-refractivity contribution in [3.63, 3.8) is 0 Å². The van der Waals surface area contributed by atoms with Gasteiger partial charge in [0.2, 0.25) is 36.5 Å². The Morgan fingerprint density at radius 1 is 0.427 bits per heavy atom. The van der Waals surface area contributed by atoms with Crippen LogP contribution in [0.1, 0.15) is 228 Å². The van der Waals surface area contributed by atoms with E-state index in [1.54, 1.807) is 62.4 Å². The zero-order chi connectivity index (χ0) is 104. The summed E-state index contributed by atoms with van der Waals surface area (Å²) in [5.41, 5.74) is 1.60. The number of carbonyl (C=O) groups is 2. The number of aliphatic hydroxyl groups excluding tert-OH is 12. The van der Waals surface area contributed by atoms with Gasteiger partial charge in [-0.2, -0.15) is 9.98 Å². The normalized spacial score (nSPS) is 31.9. The van der Waals surface area contributed by atoms with Crippen molar-refractivity contribution in [3.05, 3.63) is 89.0 Å². The molecule has 790 valence electrons. The summed E-state index contributed by atoms with van der Waals surface area (Å²) in [7, 11) is -4.92. The minimum absolute atomic E-state index is 0. The first-order chi connectivity index (χ1) is 67.8. The molecule has 12 N–H and O–H groups in total. The number of rotatable bonds is 29. The second-order valence-electron chi connectivity index (χ2n) is 44.6. The molecular formula is C106H155N6NaO29S. The fraction of sp³-hybridized carbons (Fsp3) is 0.755. The number of hydrogen-bond donors (Lipinski definition) is 12. The number of carbonyl (C=O) groups excluding carboxylic acids is 8. The van der Waals surface area contributed by atoms with Crippen LogP contribution in [-0.2, 0) is 73.7 Å². The third kappa shape index (κ3) is 34.6. The smallest absolute Gasteiger partial charge is 0.744 e. The van der Waals surface area contributed by atoms with Crippen molar-refractivity contribution in [2.24, 2.45) is 175 Å². The number of aliphatic imine (C=N–C) groups is 6. The molecular weight excluding hydrogens is 1880 g/mol. The summed E-state index contributed by atoms with van der Waals surface area (Å²) in [6.07, 6.45) is 34.6. The predicted octanol–water partition coefficient (Wildman–Crippen LogP) is 7.66.